The summed E-state index contributed by atoms with van der Waals surface area (Å²) in [5.41, 5.74) is 6.53. The molecular formula is C8H7BrClNO. The van der Waals surface area contributed by atoms with Crippen LogP contribution in [0.2, 0.25) is 5.02 Å². The highest BCUT2D eigenvalue weighted by Gasteiger charge is 2.11. The molecule has 4 heteroatoms. The van der Waals surface area contributed by atoms with Gasteiger partial charge in [-0.1, -0.05) is 11.6 Å². The Hall–Kier alpha value is -0.540. The summed E-state index contributed by atoms with van der Waals surface area (Å²) >= 11 is 8.99. The van der Waals surface area contributed by atoms with Crippen LogP contribution in [0.25, 0.3) is 0 Å². The molecule has 0 saturated carbocycles. The minimum Gasteiger partial charge on any atom is -0.398 e. The largest absolute Gasteiger partial charge is 0.398 e. The minimum absolute atomic E-state index is 0.0980. The number of carbonyl (C=O) groups excluding carboxylic acids is 1. The van der Waals surface area contributed by atoms with Crippen LogP contribution in [0.4, 0.5) is 5.69 Å². The lowest BCUT2D eigenvalue weighted by Gasteiger charge is -2.05. The number of hydrogen-bond donors (Lipinski definition) is 1. The van der Waals surface area contributed by atoms with Crippen molar-refractivity contribution in [2.24, 2.45) is 0 Å². The summed E-state index contributed by atoms with van der Waals surface area (Å²) in [4.78, 5) is 11.1. The molecule has 0 unspecified atom stereocenters. The summed E-state index contributed by atoms with van der Waals surface area (Å²) < 4.78 is 0.572. The zero-order valence-corrected chi connectivity index (χ0v) is 8.74. The van der Waals surface area contributed by atoms with Crippen LogP contribution in [0.3, 0.4) is 0 Å². The van der Waals surface area contributed by atoms with Gasteiger partial charge in [0, 0.05) is 5.69 Å². The molecule has 0 aromatic heterocycles. The molecule has 0 radical (unpaired) electrons. The fourth-order valence-corrected chi connectivity index (χ4v) is 1.92. The van der Waals surface area contributed by atoms with Crippen LogP contribution in [-0.4, -0.2) is 5.78 Å². The molecule has 1 aromatic carbocycles. The molecule has 64 valence electrons. The molecule has 1 rings (SSSR count). The first kappa shape index (κ1) is 9.55. The van der Waals surface area contributed by atoms with Crippen molar-refractivity contribution in [2.75, 3.05) is 5.73 Å². The van der Waals surface area contributed by atoms with E-state index in [0.717, 1.165) is 0 Å². The second kappa shape index (κ2) is 3.46. The third kappa shape index (κ3) is 1.62. The van der Waals surface area contributed by atoms with Crippen LogP contribution in [0.1, 0.15) is 17.3 Å². The Bertz CT molecular complexity index is 338. The average molecular weight is 249 g/mol. The number of ketones is 1. The molecule has 0 heterocycles. The molecule has 0 aliphatic carbocycles. The van der Waals surface area contributed by atoms with E-state index < -0.39 is 0 Å². The van der Waals surface area contributed by atoms with E-state index in [-0.39, 0.29) is 5.78 Å². The van der Waals surface area contributed by atoms with E-state index in [1.54, 1.807) is 12.1 Å². The van der Waals surface area contributed by atoms with Crippen molar-refractivity contribution in [2.45, 2.75) is 6.92 Å². The maximum atomic E-state index is 11.1. The highest BCUT2D eigenvalue weighted by Crippen LogP contribution is 2.30. The van der Waals surface area contributed by atoms with E-state index in [9.17, 15) is 4.79 Å². The van der Waals surface area contributed by atoms with Crippen molar-refractivity contribution >= 4 is 39.0 Å². The van der Waals surface area contributed by atoms with Gasteiger partial charge in [0.2, 0.25) is 0 Å². The van der Waals surface area contributed by atoms with E-state index in [0.29, 0.717) is 20.7 Å². The van der Waals surface area contributed by atoms with Gasteiger partial charge in [-0.2, -0.15) is 0 Å². The molecule has 2 nitrogen and oxygen atoms in total. The molecule has 12 heavy (non-hydrogen) atoms. The molecule has 0 atom stereocenters. The van der Waals surface area contributed by atoms with Crippen LogP contribution >= 0.6 is 27.5 Å². The molecule has 0 saturated heterocycles. The summed E-state index contributed by atoms with van der Waals surface area (Å²) in [6.07, 6.45) is 0. The third-order valence-corrected chi connectivity index (χ3v) is 2.64. The summed E-state index contributed by atoms with van der Waals surface area (Å²) in [5.74, 6) is -0.0980. The standard InChI is InChI=1S/C8H7BrClNO/c1-4(12)7-5(10)2-3-6(11)8(7)9/h2-3H,11H2,1H3. The predicted molar refractivity (Wildman–Crippen MR) is 53.6 cm³/mol. The zero-order chi connectivity index (χ0) is 9.30. The van der Waals surface area contributed by atoms with E-state index in [4.69, 9.17) is 17.3 Å². The summed E-state index contributed by atoms with van der Waals surface area (Å²) in [5, 5.41) is 0.420. The Morgan fingerprint density at radius 2 is 2.17 bits per heavy atom. The number of benzene rings is 1. The van der Waals surface area contributed by atoms with Gasteiger partial charge in [0.1, 0.15) is 0 Å². The van der Waals surface area contributed by atoms with Crippen molar-refractivity contribution in [1.82, 2.24) is 0 Å². The quantitative estimate of drug-likeness (QED) is 0.613. The van der Waals surface area contributed by atoms with Crippen molar-refractivity contribution in [3.8, 4) is 0 Å². The number of Topliss-reactive ketones (excluding diaryl/α,β-unsaturated/α-hetero) is 1. The molecular weight excluding hydrogens is 241 g/mol. The SMILES string of the molecule is CC(=O)c1c(Cl)ccc(N)c1Br. The lowest BCUT2D eigenvalue weighted by Crippen LogP contribution is -1.98. The van der Waals surface area contributed by atoms with Crippen molar-refractivity contribution in [3.63, 3.8) is 0 Å². The molecule has 0 spiro atoms. The van der Waals surface area contributed by atoms with Gasteiger partial charge in [0.15, 0.2) is 5.78 Å². The van der Waals surface area contributed by atoms with E-state index >= 15 is 0 Å². The summed E-state index contributed by atoms with van der Waals surface area (Å²) in [6.45, 7) is 1.45. The topological polar surface area (TPSA) is 43.1 Å². The molecule has 0 aliphatic heterocycles. The lowest BCUT2D eigenvalue weighted by atomic mass is 10.1. The first-order valence-corrected chi connectivity index (χ1v) is 4.45. The summed E-state index contributed by atoms with van der Waals surface area (Å²) in [7, 11) is 0. The Morgan fingerprint density at radius 3 is 2.58 bits per heavy atom. The zero-order valence-electron chi connectivity index (χ0n) is 6.40. The number of hydrogen-bond acceptors (Lipinski definition) is 2. The third-order valence-electron chi connectivity index (χ3n) is 1.47. The van der Waals surface area contributed by atoms with Crippen molar-refractivity contribution in [1.29, 1.82) is 0 Å². The Balaban J connectivity index is 3.43. The van der Waals surface area contributed by atoms with Gasteiger partial charge in [0.05, 0.1) is 15.1 Å². The van der Waals surface area contributed by atoms with Gasteiger partial charge < -0.3 is 5.73 Å². The first-order valence-electron chi connectivity index (χ1n) is 3.28. The number of nitrogen functional groups attached to an aromatic ring is 1. The van der Waals surface area contributed by atoms with Gasteiger partial charge in [-0.05, 0) is 35.0 Å². The van der Waals surface area contributed by atoms with Crippen LogP contribution in [0.15, 0.2) is 16.6 Å². The predicted octanol–water partition coefficient (Wildman–Crippen LogP) is 2.89. The Labute approximate surface area is 83.8 Å². The monoisotopic (exact) mass is 247 g/mol. The normalized spacial score (nSPS) is 9.92. The molecule has 0 fully saturated rings. The van der Waals surface area contributed by atoms with E-state index in [1.807, 2.05) is 0 Å². The Morgan fingerprint density at radius 1 is 1.58 bits per heavy atom. The fourth-order valence-electron chi connectivity index (χ4n) is 0.891. The van der Waals surface area contributed by atoms with Gasteiger partial charge in [-0.15, -0.1) is 0 Å². The Kier molecular flexibility index (Phi) is 2.75. The number of halogens is 2. The average Bonchev–Trinajstić information content (AvgIpc) is 1.97. The van der Waals surface area contributed by atoms with Gasteiger partial charge in [0.25, 0.3) is 0 Å². The number of anilines is 1. The second-order valence-electron chi connectivity index (χ2n) is 2.38. The van der Waals surface area contributed by atoms with Gasteiger partial charge in [-0.3, -0.25) is 4.79 Å². The van der Waals surface area contributed by atoms with Crippen molar-refractivity contribution in [3.05, 3.63) is 27.2 Å². The highest BCUT2D eigenvalue weighted by molar-refractivity contribution is 9.10. The number of rotatable bonds is 1. The highest BCUT2D eigenvalue weighted by atomic mass is 79.9. The molecule has 0 bridgehead atoms. The summed E-state index contributed by atoms with van der Waals surface area (Å²) in [6, 6.07) is 3.26. The van der Waals surface area contributed by atoms with E-state index in [1.165, 1.54) is 6.92 Å². The minimum atomic E-state index is -0.0980. The van der Waals surface area contributed by atoms with Gasteiger partial charge in [-0.25, -0.2) is 0 Å². The molecule has 1 aromatic rings. The maximum absolute atomic E-state index is 11.1. The maximum Gasteiger partial charge on any atom is 0.162 e. The fraction of sp³-hybridized carbons (Fsp3) is 0.125. The molecule has 2 N–H and O–H groups in total. The number of carbonyl (C=O) groups is 1. The number of nitrogens with two attached hydrogens (primary N) is 1. The van der Waals surface area contributed by atoms with Crippen molar-refractivity contribution < 1.29 is 4.79 Å². The van der Waals surface area contributed by atoms with E-state index in [2.05, 4.69) is 15.9 Å². The lowest BCUT2D eigenvalue weighted by molar-refractivity contribution is 0.101. The van der Waals surface area contributed by atoms with Crippen LogP contribution in [-0.2, 0) is 0 Å². The second-order valence-corrected chi connectivity index (χ2v) is 3.58. The van der Waals surface area contributed by atoms with Crippen LogP contribution in [0, 0.1) is 0 Å². The van der Waals surface area contributed by atoms with Crippen LogP contribution < -0.4 is 5.73 Å². The van der Waals surface area contributed by atoms with Crippen LogP contribution in [0.5, 0.6) is 0 Å². The van der Waals surface area contributed by atoms with Gasteiger partial charge >= 0.3 is 0 Å². The first-order chi connectivity index (χ1) is 5.54. The molecule has 0 amide bonds. The molecule has 0 aliphatic rings. The smallest absolute Gasteiger partial charge is 0.162 e.